The molecule has 1 fully saturated rings. The smallest absolute Gasteiger partial charge is 0.203 e. The minimum atomic E-state index is 0.571. The Morgan fingerprint density at radius 3 is 2.89 bits per heavy atom. The lowest BCUT2D eigenvalue weighted by molar-refractivity contribution is 0.269. The van der Waals surface area contributed by atoms with E-state index in [-0.39, 0.29) is 0 Å². The van der Waals surface area contributed by atoms with Crippen molar-refractivity contribution in [1.82, 2.24) is 14.5 Å². The van der Waals surface area contributed by atoms with Crippen molar-refractivity contribution >= 4 is 5.95 Å². The second-order valence-corrected chi connectivity index (χ2v) is 5.12. The fraction of sp³-hybridized carbons (Fsp3) is 0.643. The number of allylic oxidation sites excluding steroid dienone is 1. The monoisotopic (exact) mass is 248 g/mol. The maximum absolute atomic E-state index is 4.51. The third kappa shape index (κ3) is 3.13. The molecule has 1 unspecified atom stereocenters. The molecule has 1 aromatic heterocycles. The van der Waals surface area contributed by atoms with Crippen LogP contribution in [-0.2, 0) is 6.54 Å². The Bertz CT molecular complexity index is 390. The molecule has 0 aliphatic carbocycles. The average molecular weight is 248 g/mol. The van der Waals surface area contributed by atoms with Gasteiger partial charge in [0, 0.05) is 25.3 Å². The molecule has 2 rings (SSSR count). The van der Waals surface area contributed by atoms with Gasteiger partial charge in [-0.3, -0.25) is 4.90 Å². The molecule has 0 saturated carbocycles. The number of nitrogens with one attached hydrogen (secondary N) is 1. The number of aryl methyl sites for hydroxylation is 1. The molecule has 4 nitrogen and oxygen atoms in total. The maximum Gasteiger partial charge on any atom is 0.203 e. The SMILES string of the molecule is C=CCn1cc(C)nc1NCC(C)N1CCCC1. The zero-order valence-corrected chi connectivity index (χ0v) is 11.5. The van der Waals surface area contributed by atoms with E-state index in [2.05, 4.69) is 39.5 Å². The first-order valence-corrected chi connectivity index (χ1v) is 6.83. The molecule has 1 aromatic rings. The van der Waals surface area contributed by atoms with Crippen LogP contribution >= 0.6 is 0 Å². The van der Waals surface area contributed by atoms with Gasteiger partial charge in [-0.25, -0.2) is 4.98 Å². The lowest BCUT2D eigenvalue weighted by Crippen LogP contribution is -2.36. The summed E-state index contributed by atoms with van der Waals surface area (Å²) in [6, 6.07) is 0.571. The van der Waals surface area contributed by atoms with Crippen LogP contribution in [0.4, 0.5) is 5.95 Å². The minimum Gasteiger partial charge on any atom is -0.354 e. The molecule has 0 spiro atoms. The summed E-state index contributed by atoms with van der Waals surface area (Å²) in [6.45, 7) is 12.3. The topological polar surface area (TPSA) is 33.1 Å². The fourth-order valence-electron chi connectivity index (χ4n) is 2.52. The van der Waals surface area contributed by atoms with Gasteiger partial charge in [-0.05, 0) is 39.8 Å². The Hall–Kier alpha value is -1.29. The van der Waals surface area contributed by atoms with Crippen LogP contribution in [0.1, 0.15) is 25.5 Å². The molecule has 100 valence electrons. The van der Waals surface area contributed by atoms with E-state index < -0.39 is 0 Å². The first-order chi connectivity index (χ1) is 8.70. The summed E-state index contributed by atoms with van der Waals surface area (Å²) < 4.78 is 2.11. The van der Waals surface area contributed by atoms with Gasteiger partial charge in [-0.15, -0.1) is 6.58 Å². The van der Waals surface area contributed by atoms with Gasteiger partial charge in [0.1, 0.15) is 0 Å². The molecule has 1 aliphatic heterocycles. The van der Waals surface area contributed by atoms with Crippen LogP contribution in [0.15, 0.2) is 18.9 Å². The predicted octanol–water partition coefficient (Wildman–Crippen LogP) is 2.27. The molecule has 18 heavy (non-hydrogen) atoms. The minimum absolute atomic E-state index is 0.571. The Labute approximate surface area is 110 Å². The Kier molecular flexibility index (Phi) is 4.42. The standard InChI is InChI=1S/C14H24N4/c1-4-7-18-11-12(2)16-14(18)15-10-13(3)17-8-5-6-9-17/h4,11,13H,1,5-10H2,2-3H3,(H,15,16). The molecule has 4 heteroatoms. The summed E-state index contributed by atoms with van der Waals surface area (Å²) in [5.74, 6) is 0.957. The molecule has 0 radical (unpaired) electrons. The number of aromatic nitrogens is 2. The van der Waals surface area contributed by atoms with E-state index >= 15 is 0 Å². The molecule has 1 aliphatic rings. The van der Waals surface area contributed by atoms with Crippen LogP contribution in [0.3, 0.4) is 0 Å². The highest BCUT2D eigenvalue weighted by atomic mass is 15.2. The van der Waals surface area contributed by atoms with Crippen molar-refractivity contribution in [3.8, 4) is 0 Å². The number of imidazole rings is 1. The van der Waals surface area contributed by atoms with Crippen molar-refractivity contribution in [3.05, 3.63) is 24.5 Å². The van der Waals surface area contributed by atoms with Gasteiger partial charge in [0.05, 0.1) is 5.69 Å². The van der Waals surface area contributed by atoms with Crippen LogP contribution < -0.4 is 5.32 Å². The summed E-state index contributed by atoms with van der Waals surface area (Å²) in [5, 5.41) is 3.46. The summed E-state index contributed by atoms with van der Waals surface area (Å²) >= 11 is 0. The van der Waals surface area contributed by atoms with Gasteiger partial charge >= 0.3 is 0 Å². The highest BCUT2D eigenvalue weighted by molar-refractivity contribution is 5.29. The van der Waals surface area contributed by atoms with Gasteiger partial charge in [0.2, 0.25) is 5.95 Å². The number of hydrogen-bond donors (Lipinski definition) is 1. The van der Waals surface area contributed by atoms with Gasteiger partial charge in [0.25, 0.3) is 0 Å². The largest absolute Gasteiger partial charge is 0.354 e. The average Bonchev–Trinajstić information content (AvgIpc) is 2.96. The van der Waals surface area contributed by atoms with Crippen molar-refractivity contribution in [3.63, 3.8) is 0 Å². The molecule has 1 atom stereocenters. The van der Waals surface area contributed by atoms with Crippen molar-refractivity contribution in [2.24, 2.45) is 0 Å². The second kappa shape index (κ2) is 6.05. The van der Waals surface area contributed by atoms with E-state index in [9.17, 15) is 0 Å². The van der Waals surface area contributed by atoms with E-state index in [0.29, 0.717) is 6.04 Å². The Balaban J connectivity index is 1.90. The third-order valence-electron chi connectivity index (χ3n) is 3.54. The van der Waals surface area contributed by atoms with Crippen LogP contribution in [0.25, 0.3) is 0 Å². The lowest BCUT2D eigenvalue weighted by atomic mass is 10.3. The summed E-state index contributed by atoms with van der Waals surface area (Å²) in [4.78, 5) is 7.06. The highest BCUT2D eigenvalue weighted by Crippen LogP contribution is 2.13. The molecule has 2 heterocycles. The van der Waals surface area contributed by atoms with E-state index in [1.807, 2.05) is 13.0 Å². The number of hydrogen-bond acceptors (Lipinski definition) is 3. The summed E-state index contributed by atoms with van der Waals surface area (Å²) in [6.07, 6.45) is 6.64. The second-order valence-electron chi connectivity index (χ2n) is 5.12. The van der Waals surface area contributed by atoms with Crippen LogP contribution in [0.2, 0.25) is 0 Å². The van der Waals surface area contributed by atoms with Crippen LogP contribution in [0.5, 0.6) is 0 Å². The van der Waals surface area contributed by atoms with E-state index in [1.54, 1.807) is 0 Å². The number of likely N-dealkylation sites (tertiary alicyclic amines) is 1. The van der Waals surface area contributed by atoms with Crippen molar-refractivity contribution in [1.29, 1.82) is 0 Å². The highest BCUT2D eigenvalue weighted by Gasteiger charge is 2.18. The van der Waals surface area contributed by atoms with E-state index in [4.69, 9.17) is 0 Å². The normalized spacial score (nSPS) is 17.9. The first-order valence-electron chi connectivity index (χ1n) is 6.83. The quantitative estimate of drug-likeness (QED) is 0.784. The summed E-state index contributed by atoms with van der Waals surface area (Å²) in [7, 11) is 0. The molecule has 1 N–H and O–H groups in total. The number of anilines is 1. The molecular formula is C14H24N4. The van der Waals surface area contributed by atoms with Crippen LogP contribution in [-0.4, -0.2) is 40.1 Å². The number of nitrogens with zero attached hydrogens (tertiary/aromatic N) is 3. The van der Waals surface area contributed by atoms with E-state index in [1.165, 1.54) is 25.9 Å². The molecule has 0 aromatic carbocycles. The van der Waals surface area contributed by atoms with Crippen molar-refractivity contribution < 1.29 is 0 Å². The first kappa shape index (κ1) is 13.1. The molecule has 0 amide bonds. The van der Waals surface area contributed by atoms with Crippen LogP contribution in [0, 0.1) is 6.92 Å². The van der Waals surface area contributed by atoms with Gasteiger partial charge < -0.3 is 9.88 Å². The van der Waals surface area contributed by atoms with Crippen molar-refractivity contribution in [2.45, 2.75) is 39.3 Å². The molecular weight excluding hydrogens is 224 g/mol. The molecule has 0 bridgehead atoms. The van der Waals surface area contributed by atoms with Gasteiger partial charge in [-0.2, -0.15) is 0 Å². The number of rotatable bonds is 6. The predicted molar refractivity (Wildman–Crippen MR) is 75.9 cm³/mol. The van der Waals surface area contributed by atoms with E-state index in [0.717, 1.165) is 24.7 Å². The van der Waals surface area contributed by atoms with Gasteiger partial charge in [-0.1, -0.05) is 6.08 Å². The zero-order valence-electron chi connectivity index (χ0n) is 11.5. The zero-order chi connectivity index (χ0) is 13.0. The van der Waals surface area contributed by atoms with Crippen molar-refractivity contribution in [2.75, 3.05) is 25.0 Å². The Morgan fingerprint density at radius 1 is 1.50 bits per heavy atom. The Morgan fingerprint density at radius 2 is 2.22 bits per heavy atom. The summed E-state index contributed by atoms with van der Waals surface area (Å²) in [5.41, 5.74) is 1.05. The lowest BCUT2D eigenvalue weighted by Gasteiger charge is -2.24. The van der Waals surface area contributed by atoms with Gasteiger partial charge in [0.15, 0.2) is 0 Å². The molecule has 1 saturated heterocycles. The third-order valence-corrected chi connectivity index (χ3v) is 3.54. The maximum atomic E-state index is 4.51. The fourth-order valence-corrected chi connectivity index (χ4v) is 2.52.